The number of aromatic nitrogens is 4. The average Bonchev–Trinajstić information content (AvgIpc) is 3.11. The molecule has 3 aromatic rings. The molecule has 0 spiro atoms. The number of rotatable bonds is 4. The Morgan fingerprint density at radius 1 is 1.24 bits per heavy atom. The van der Waals surface area contributed by atoms with Gasteiger partial charge in [0.05, 0.1) is 22.6 Å². The smallest absolute Gasteiger partial charge is 0.241 e. The first-order chi connectivity index (χ1) is 13.9. The minimum atomic E-state index is -0.513. The van der Waals surface area contributed by atoms with E-state index in [0.717, 1.165) is 29.9 Å². The van der Waals surface area contributed by atoms with E-state index in [1.54, 1.807) is 17.2 Å². The van der Waals surface area contributed by atoms with E-state index >= 15 is 0 Å². The number of nitrogens with zero attached hydrogens (tertiary/aromatic N) is 6. The number of benzene rings is 1. The van der Waals surface area contributed by atoms with Crippen LogP contribution in [0.3, 0.4) is 0 Å². The zero-order chi connectivity index (χ0) is 20.5. The van der Waals surface area contributed by atoms with Crippen molar-refractivity contribution in [3.8, 4) is 0 Å². The molecule has 2 aromatic heterocycles. The predicted molar refractivity (Wildman–Crippen MR) is 110 cm³/mol. The van der Waals surface area contributed by atoms with Gasteiger partial charge < -0.3 is 10.2 Å². The number of fused-ring (bicyclic) bond motifs is 1. The summed E-state index contributed by atoms with van der Waals surface area (Å²) in [5, 5.41) is 7.96. The Bertz CT molecular complexity index is 1050. The molecule has 29 heavy (non-hydrogen) atoms. The van der Waals surface area contributed by atoms with Crippen molar-refractivity contribution in [2.45, 2.75) is 13.0 Å². The lowest BCUT2D eigenvalue weighted by Crippen LogP contribution is -2.53. The molecule has 3 heterocycles. The van der Waals surface area contributed by atoms with Crippen LogP contribution in [0, 0.1) is 5.82 Å². The summed E-state index contributed by atoms with van der Waals surface area (Å²) < 4.78 is 15.0. The summed E-state index contributed by atoms with van der Waals surface area (Å²) >= 11 is 5.78. The van der Waals surface area contributed by atoms with Gasteiger partial charge in [-0.3, -0.25) is 14.4 Å². The summed E-state index contributed by atoms with van der Waals surface area (Å²) in [5.41, 5.74) is 1.27. The molecule has 1 aromatic carbocycles. The van der Waals surface area contributed by atoms with Crippen molar-refractivity contribution in [1.29, 1.82) is 0 Å². The Kier molecular flexibility index (Phi) is 5.33. The van der Waals surface area contributed by atoms with E-state index in [1.807, 2.05) is 14.0 Å². The number of anilines is 2. The topological polar surface area (TPSA) is 79.2 Å². The molecule has 1 aliphatic heterocycles. The van der Waals surface area contributed by atoms with Crippen LogP contribution >= 0.6 is 11.6 Å². The van der Waals surface area contributed by atoms with Gasteiger partial charge in [-0.25, -0.2) is 14.4 Å². The minimum absolute atomic E-state index is 0.0179. The minimum Gasteiger partial charge on any atom is -0.353 e. The van der Waals surface area contributed by atoms with Gasteiger partial charge >= 0.3 is 0 Å². The number of hydrogen-bond acceptors (Lipinski definition) is 6. The normalized spacial score (nSPS) is 16.2. The quantitative estimate of drug-likeness (QED) is 0.701. The number of nitrogens with one attached hydrogen (secondary N) is 1. The summed E-state index contributed by atoms with van der Waals surface area (Å²) in [4.78, 5) is 25.6. The highest BCUT2D eigenvalue weighted by molar-refractivity contribution is 6.31. The molecule has 1 amide bonds. The van der Waals surface area contributed by atoms with Gasteiger partial charge in [-0.2, -0.15) is 5.10 Å². The van der Waals surface area contributed by atoms with Crippen molar-refractivity contribution >= 4 is 40.0 Å². The third-order valence-electron chi connectivity index (χ3n) is 5.24. The number of carbonyl (C=O) groups is 1. The third kappa shape index (κ3) is 3.88. The molecular formula is C19H21ClFN7O. The maximum absolute atomic E-state index is 13.3. The van der Waals surface area contributed by atoms with Crippen molar-refractivity contribution < 1.29 is 9.18 Å². The lowest BCUT2D eigenvalue weighted by molar-refractivity contribution is -0.120. The first kappa shape index (κ1) is 19.5. The Hall–Kier alpha value is -2.78. The van der Waals surface area contributed by atoms with Gasteiger partial charge in [-0.15, -0.1) is 0 Å². The molecule has 1 saturated heterocycles. The van der Waals surface area contributed by atoms with Crippen LogP contribution in [0.2, 0.25) is 5.02 Å². The summed E-state index contributed by atoms with van der Waals surface area (Å²) in [6, 6.07) is 3.82. The fraction of sp³-hybridized carbons (Fsp3) is 0.368. The highest BCUT2D eigenvalue weighted by Gasteiger charge is 2.27. The third-order valence-corrected chi connectivity index (χ3v) is 5.53. The van der Waals surface area contributed by atoms with Crippen LogP contribution in [0.4, 0.5) is 15.9 Å². The Labute approximate surface area is 172 Å². The van der Waals surface area contributed by atoms with Crippen LogP contribution in [0.25, 0.3) is 11.0 Å². The van der Waals surface area contributed by atoms with Crippen LogP contribution in [0.5, 0.6) is 0 Å². The second-order valence-corrected chi connectivity index (χ2v) is 7.43. The molecule has 1 fully saturated rings. The zero-order valence-electron chi connectivity index (χ0n) is 16.1. The highest BCUT2D eigenvalue weighted by atomic mass is 35.5. The molecular weight excluding hydrogens is 397 g/mol. The van der Waals surface area contributed by atoms with E-state index < -0.39 is 5.82 Å². The fourth-order valence-corrected chi connectivity index (χ4v) is 3.69. The average molecular weight is 418 g/mol. The molecule has 10 heteroatoms. The van der Waals surface area contributed by atoms with Gasteiger partial charge in [0.25, 0.3) is 0 Å². The van der Waals surface area contributed by atoms with Crippen LogP contribution in [0.15, 0.2) is 30.7 Å². The first-order valence-electron chi connectivity index (χ1n) is 9.31. The molecule has 1 atom stereocenters. The molecule has 0 bridgehead atoms. The molecule has 0 radical (unpaired) electrons. The van der Waals surface area contributed by atoms with E-state index in [1.165, 1.54) is 18.2 Å². The molecule has 152 valence electrons. The number of halogens is 2. The Morgan fingerprint density at radius 2 is 2.00 bits per heavy atom. The first-order valence-corrected chi connectivity index (χ1v) is 9.69. The largest absolute Gasteiger partial charge is 0.353 e. The number of carbonyl (C=O) groups excluding carboxylic acids is 1. The lowest BCUT2D eigenvalue weighted by Gasteiger charge is -2.38. The molecule has 1 aliphatic rings. The van der Waals surface area contributed by atoms with Crippen molar-refractivity contribution in [3.05, 3.63) is 41.6 Å². The molecule has 8 nitrogen and oxygen atoms in total. The number of hydrogen-bond donors (Lipinski definition) is 1. The van der Waals surface area contributed by atoms with Crippen molar-refractivity contribution in [2.75, 3.05) is 36.4 Å². The van der Waals surface area contributed by atoms with E-state index in [4.69, 9.17) is 11.6 Å². The van der Waals surface area contributed by atoms with Crippen LogP contribution in [-0.2, 0) is 11.8 Å². The molecule has 0 unspecified atom stereocenters. The van der Waals surface area contributed by atoms with Crippen molar-refractivity contribution in [1.82, 2.24) is 24.6 Å². The Morgan fingerprint density at radius 3 is 2.72 bits per heavy atom. The fourth-order valence-electron chi connectivity index (χ4n) is 3.51. The van der Waals surface area contributed by atoms with Gasteiger partial charge in [0, 0.05) is 38.9 Å². The molecule has 0 aliphatic carbocycles. The van der Waals surface area contributed by atoms with Crippen molar-refractivity contribution in [3.63, 3.8) is 0 Å². The second kappa shape index (κ2) is 7.92. The molecule has 4 rings (SSSR count). The van der Waals surface area contributed by atoms with E-state index in [9.17, 15) is 9.18 Å². The molecule has 0 saturated carbocycles. The van der Waals surface area contributed by atoms with Crippen molar-refractivity contribution in [2.24, 2.45) is 7.05 Å². The molecule has 1 N–H and O–H groups in total. The van der Waals surface area contributed by atoms with Gasteiger partial charge in [-0.05, 0) is 25.1 Å². The van der Waals surface area contributed by atoms with Gasteiger partial charge in [0.15, 0.2) is 5.65 Å². The zero-order valence-corrected chi connectivity index (χ0v) is 16.9. The van der Waals surface area contributed by atoms with Crippen LogP contribution in [0.1, 0.15) is 6.92 Å². The number of amides is 1. The van der Waals surface area contributed by atoms with E-state index in [-0.39, 0.29) is 17.0 Å². The predicted octanol–water partition coefficient (Wildman–Crippen LogP) is 2.31. The SMILES string of the molecule is C[C@H](C(=O)Nc1ccc(F)c(Cl)c1)N1CCN(c2ncnc3c2cnn3C)CC1. The van der Waals surface area contributed by atoms with Gasteiger partial charge in [0.2, 0.25) is 5.91 Å². The standard InChI is InChI=1S/C19H21ClFN7O/c1-12(19(29)25-13-3-4-16(21)15(20)9-13)27-5-7-28(8-6-27)18-14-10-24-26(2)17(14)22-11-23-18/h3-4,9-12H,5-8H2,1-2H3,(H,25,29)/t12-/m1/s1. The maximum atomic E-state index is 13.3. The van der Waals surface area contributed by atoms with E-state index in [2.05, 4.69) is 30.2 Å². The van der Waals surface area contributed by atoms with Gasteiger partial charge in [-0.1, -0.05) is 11.6 Å². The Balaban J connectivity index is 1.39. The van der Waals surface area contributed by atoms with Gasteiger partial charge in [0.1, 0.15) is 18.0 Å². The monoisotopic (exact) mass is 417 g/mol. The summed E-state index contributed by atoms with van der Waals surface area (Å²) in [6.45, 7) is 4.76. The summed E-state index contributed by atoms with van der Waals surface area (Å²) in [6.07, 6.45) is 3.33. The summed E-state index contributed by atoms with van der Waals surface area (Å²) in [5.74, 6) is 0.194. The second-order valence-electron chi connectivity index (χ2n) is 7.02. The highest BCUT2D eigenvalue weighted by Crippen LogP contribution is 2.24. The lowest BCUT2D eigenvalue weighted by atomic mass is 10.2. The number of piperazine rings is 1. The maximum Gasteiger partial charge on any atom is 0.241 e. The number of aryl methyl sites for hydroxylation is 1. The summed E-state index contributed by atoms with van der Waals surface area (Å²) in [7, 11) is 1.85. The van der Waals surface area contributed by atoms with E-state index in [0.29, 0.717) is 18.8 Å². The van der Waals surface area contributed by atoms with Crippen LogP contribution < -0.4 is 10.2 Å². The van der Waals surface area contributed by atoms with Crippen LogP contribution in [-0.4, -0.2) is 62.8 Å².